The van der Waals surface area contributed by atoms with E-state index >= 15 is 0 Å². The zero-order valence-electron chi connectivity index (χ0n) is 14.3. The molecule has 1 atom stereocenters. The molecule has 6 nitrogen and oxygen atoms in total. The maximum Gasteiger partial charge on any atom is 0.338 e. The molecule has 0 aromatic heterocycles. The summed E-state index contributed by atoms with van der Waals surface area (Å²) < 4.78 is 16.2. The minimum absolute atomic E-state index is 0.0551. The highest BCUT2D eigenvalue weighted by Gasteiger charge is 2.38. The van der Waals surface area contributed by atoms with E-state index < -0.39 is 11.9 Å². The Hall–Kier alpha value is -2.65. The number of halogens is 1. The van der Waals surface area contributed by atoms with Crippen molar-refractivity contribution in [3.8, 4) is 11.8 Å². The second-order valence-corrected chi connectivity index (χ2v) is 5.67. The van der Waals surface area contributed by atoms with Crippen LogP contribution in [0.15, 0.2) is 41.0 Å². The lowest BCUT2D eigenvalue weighted by molar-refractivity contribution is -0.139. The van der Waals surface area contributed by atoms with Crippen molar-refractivity contribution in [2.24, 2.45) is 5.73 Å². The second kappa shape index (κ2) is 7.95. The number of esters is 1. The summed E-state index contributed by atoms with van der Waals surface area (Å²) in [6.07, 6.45) is 0. The normalized spacial score (nSPS) is 17.0. The van der Waals surface area contributed by atoms with Gasteiger partial charge in [0.2, 0.25) is 5.88 Å². The van der Waals surface area contributed by atoms with E-state index in [1.165, 1.54) is 0 Å². The fourth-order valence-corrected chi connectivity index (χ4v) is 2.88. The zero-order valence-corrected chi connectivity index (χ0v) is 15.0. The summed E-state index contributed by atoms with van der Waals surface area (Å²) in [6, 6.07) is 7.05. The van der Waals surface area contributed by atoms with Gasteiger partial charge in [0.25, 0.3) is 0 Å². The molecule has 25 heavy (non-hydrogen) atoms. The predicted molar refractivity (Wildman–Crippen MR) is 92.6 cm³/mol. The number of benzene rings is 1. The molecule has 0 spiro atoms. The van der Waals surface area contributed by atoms with Crippen molar-refractivity contribution < 1.29 is 19.0 Å². The van der Waals surface area contributed by atoms with Gasteiger partial charge < -0.3 is 19.9 Å². The van der Waals surface area contributed by atoms with Crippen LogP contribution >= 0.6 is 11.6 Å². The molecule has 7 heteroatoms. The van der Waals surface area contributed by atoms with E-state index in [1.807, 2.05) is 13.0 Å². The van der Waals surface area contributed by atoms with Crippen LogP contribution < -0.4 is 10.5 Å². The number of hydrogen-bond donors (Lipinski definition) is 1. The fourth-order valence-electron chi connectivity index (χ4n) is 2.70. The lowest BCUT2D eigenvalue weighted by Crippen LogP contribution is -2.26. The van der Waals surface area contributed by atoms with Crippen LogP contribution in [0.25, 0.3) is 0 Å². The number of carbonyl (C=O) groups excluding carboxylic acids is 1. The van der Waals surface area contributed by atoms with Gasteiger partial charge >= 0.3 is 5.97 Å². The van der Waals surface area contributed by atoms with E-state index in [0.29, 0.717) is 22.9 Å². The van der Waals surface area contributed by atoms with Gasteiger partial charge in [0.05, 0.1) is 24.7 Å². The molecule has 0 radical (unpaired) electrons. The van der Waals surface area contributed by atoms with E-state index in [0.717, 1.165) is 0 Å². The van der Waals surface area contributed by atoms with E-state index in [4.69, 9.17) is 31.5 Å². The molecule has 0 saturated carbocycles. The first-order valence-electron chi connectivity index (χ1n) is 7.82. The molecule has 0 amide bonds. The quantitative estimate of drug-likeness (QED) is 0.807. The maximum absolute atomic E-state index is 12.5. The Morgan fingerprint density at radius 2 is 2.12 bits per heavy atom. The van der Waals surface area contributed by atoms with E-state index in [2.05, 4.69) is 0 Å². The van der Waals surface area contributed by atoms with Gasteiger partial charge in [-0.1, -0.05) is 11.6 Å². The highest BCUT2D eigenvalue weighted by atomic mass is 35.5. The Kier molecular flexibility index (Phi) is 5.94. The molecule has 0 bridgehead atoms. The average molecular weight is 363 g/mol. The molecule has 0 fully saturated rings. The molecule has 2 rings (SSSR count). The summed E-state index contributed by atoms with van der Waals surface area (Å²) in [5, 5.41) is 10.0. The molecule has 0 aliphatic carbocycles. The van der Waals surface area contributed by atoms with Gasteiger partial charge in [-0.3, -0.25) is 0 Å². The topological polar surface area (TPSA) is 94.6 Å². The van der Waals surface area contributed by atoms with E-state index in [9.17, 15) is 10.1 Å². The molecule has 1 aromatic rings. The number of allylic oxidation sites excluding steroid dienone is 2. The highest BCUT2D eigenvalue weighted by molar-refractivity contribution is 6.30. The van der Waals surface area contributed by atoms with E-state index in [-0.39, 0.29) is 29.4 Å². The Balaban J connectivity index is 2.71. The Morgan fingerprint density at radius 3 is 2.72 bits per heavy atom. The summed E-state index contributed by atoms with van der Waals surface area (Å²) in [4.78, 5) is 12.5. The molecular weight excluding hydrogens is 344 g/mol. The van der Waals surface area contributed by atoms with Crippen LogP contribution in [-0.2, 0) is 14.3 Å². The number of nitrogens with zero attached hydrogens (tertiary/aromatic N) is 1. The molecule has 0 saturated heterocycles. The van der Waals surface area contributed by atoms with Crippen molar-refractivity contribution >= 4 is 17.6 Å². The van der Waals surface area contributed by atoms with Crippen molar-refractivity contribution in [3.05, 3.63) is 51.6 Å². The third kappa shape index (κ3) is 3.72. The van der Waals surface area contributed by atoms with Gasteiger partial charge in [0, 0.05) is 10.6 Å². The molecule has 1 unspecified atom stereocenters. The zero-order chi connectivity index (χ0) is 18.6. The van der Waals surface area contributed by atoms with Crippen LogP contribution in [0.1, 0.15) is 32.3 Å². The van der Waals surface area contributed by atoms with Crippen LogP contribution in [0.2, 0.25) is 5.02 Å². The number of carbonyl (C=O) groups is 1. The third-order valence-electron chi connectivity index (χ3n) is 3.68. The van der Waals surface area contributed by atoms with Gasteiger partial charge in [0.15, 0.2) is 0 Å². The number of hydrogen-bond acceptors (Lipinski definition) is 6. The Labute approximate surface area is 151 Å². The standard InChI is InChI=1S/C18H19ClN2O4/c1-4-23-14-7-6-11(19)8-12(14)16-13(9-20)17(21)25-10(3)15(16)18(22)24-5-2/h6-8,16H,4-5,21H2,1-3H3. The van der Waals surface area contributed by atoms with E-state index in [1.54, 1.807) is 32.0 Å². The first kappa shape index (κ1) is 18.7. The molecular formula is C18H19ClN2O4. The second-order valence-electron chi connectivity index (χ2n) is 5.23. The number of nitriles is 1. The van der Waals surface area contributed by atoms with Crippen LogP contribution in [-0.4, -0.2) is 19.2 Å². The van der Waals surface area contributed by atoms with Crippen LogP contribution in [0, 0.1) is 11.3 Å². The smallest absolute Gasteiger partial charge is 0.338 e. The van der Waals surface area contributed by atoms with Gasteiger partial charge in [-0.15, -0.1) is 0 Å². The van der Waals surface area contributed by atoms with Crippen molar-refractivity contribution in [1.82, 2.24) is 0 Å². The first-order valence-corrected chi connectivity index (χ1v) is 8.20. The van der Waals surface area contributed by atoms with Crippen LogP contribution in [0.5, 0.6) is 5.75 Å². The minimum Gasteiger partial charge on any atom is -0.494 e. The number of ether oxygens (including phenoxy) is 3. The average Bonchev–Trinajstić information content (AvgIpc) is 2.56. The summed E-state index contributed by atoms with van der Waals surface area (Å²) in [7, 11) is 0. The lowest BCUT2D eigenvalue weighted by atomic mass is 9.82. The molecule has 1 aromatic carbocycles. The molecule has 132 valence electrons. The largest absolute Gasteiger partial charge is 0.494 e. The molecule has 2 N–H and O–H groups in total. The Morgan fingerprint density at radius 1 is 1.40 bits per heavy atom. The van der Waals surface area contributed by atoms with Crippen molar-refractivity contribution in [3.63, 3.8) is 0 Å². The number of nitrogens with two attached hydrogens (primary N) is 1. The predicted octanol–water partition coefficient (Wildman–Crippen LogP) is 3.38. The van der Waals surface area contributed by atoms with Crippen LogP contribution in [0.3, 0.4) is 0 Å². The summed E-state index contributed by atoms with van der Waals surface area (Å²) in [6.45, 7) is 5.75. The van der Waals surface area contributed by atoms with Crippen molar-refractivity contribution in [2.75, 3.05) is 13.2 Å². The van der Waals surface area contributed by atoms with Gasteiger partial charge in [-0.25, -0.2) is 4.79 Å². The van der Waals surface area contributed by atoms with Crippen molar-refractivity contribution in [1.29, 1.82) is 5.26 Å². The SMILES string of the molecule is CCOC(=O)C1=C(C)OC(N)=C(C#N)C1c1cc(Cl)ccc1OCC. The molecule has 1 heterocycles. The summed E-state index contributed by atoms with van der Waals surface area (Å²) in [5.41, 5.74) is 6.75. The Bertz CT molecular complexity index is 793. The van der Waals surface area contributed by atoms with Gasteiger partial charge in [-0.2, -0.15) is 5.26 Å². The third-order valence-corrected chi connectivity index (χ3v) is 3.92. The minimum atomic E-state index is -0.780. The number of rotatable bonds is 5. The molecule has 1 aliphatic rings. The summed E-state index contributed by atoms with van der Waals surface area (Å²) in [5.74, 6) is -0.623. The van der Waals surface area contributed by atoms with Gasteiger partial charge in [0.1, 0.15) is 23.2 Å². The summed E-state index contributed by atoms with van der Waals surface area (Å²) >= 11 is 6.14. The lowest BCUT2D eigenvalue weighted by Gasteiger charge is -2.28. The maximum atomic E-state index is 12.5. The monoisotopic (exact) mass is 362 g/mol. The van der Waals surface area contributed by atoms with Crippen LogP contribution in [0.4, 0.5) is 0 Å². The highest BCUT2D eigenvalue weighted by Crippen LogP contribution is 2.43. The molecule has 1 aliphatic heterocycles. The van der Waals surface area contributed by atoms with Gasteiger partial charge in [-0.05, 0) is 39.0 Å². The first-order chi connectivity index (χ1) is 11.9. The fraction of sp³-hybridized carbons (Fsp3) is 0.333. The van der Waals surface area contributed by atoms with Crippen molar-refractivity contribution in [2.45, 2.75) is 26.7 Å².